The topological polar surface area (TPSA) is 209 Å². The average molecular weight is 1190 g/mol. The van der Waals surface area contributed by atoms with E-state index in [1.165, 1.54) is 12.0 Å². The summed E-state index contributed by atoms with van der Waals surface area (Å²) in [4.78, 5) is 88.1. The summed E-state index contributed by atoms with van der Waals surface area (Å²) in [5.41, 5.74) is 1.37. The molecule has 1 saturated carbocycles. The second kappa shape index (κ2) is 31.0. The van der Waals surface area contributed by atoms with Crippen LogP contribution in [0.15, 0.2) is 77.9 Å². The van der Waals surface area contributed by atoms with Crippen molar-refractivity contribution in [2.75, 3.05) is 41.1 Å². The molecule has 1 N–H and O–H groups in total. The number of amides is 1. The highest BCUT2D eigenvalue weighted by atomic mass is 28.4. The van der Waals surface area contributed by atoms with Crippen molar-refractivity contribution in [1.29, 1.82) is 0 Å². The van der Waals surface area contributed by atoms with Gasteiger partial charge in [-0.25, -0.2) is 4.79 Å². The molecule has 1 amide bonds. The van der Waals surface area contributed by atoms with Crippen LogP contribution in [0.3, 0.4) is 0 Å². The molecule has 4 aliphatic heterocycles. The van der Waals surface area contributed by atoms with Gasteiger partial charge < -0.3 is 52.2 Å². The lowest BCUT2D eigenvalue weighted by molar-refractivity contribution is -0.265. The Labute approximate surface area is 501 Å². The predicted molar refractivity (Wildman–Crippen MR) is 323 cm³/mol. The van der Waals surface area contributed by atoms with Gasteiger partial charge in [-0.05, 0) is 139 Å². The first-order valence-corrected chi connectivity index (χ1v) is 34.1. The maximum atomic E-state index is 14.8. The zero-order chi connectivity index (χ0) is 61.7. The van der Waals surface area contributed by atoms with Gasteiger partial charge in [0.2, 0.25) is 5.79 Å². The molecule has 0 spiro atoms. The third-order valence-electron chi connectivity index (χ3n) is 17.8. The molecule has 4 fully saturated rings. The zero-order valence-electron chi connectivity index (χ0n) is 52.6. The number of hydrogen-bond acceptors (Lipinski definition) is 16. The number of ether oxygens (including phenoxy) is 6. The molecule has 0 aromatic heterocycles. The summed E-state index contributed by atoms with van der Waals surface area (Å²) in [6.45, 7) is 21.3. The minimum atomic E-state index is -2.46. The molecular weight excluding hydrogens is 1090 g/mol. The Balaban J connectivity index is 1.28. The molecule has 4 heterocycles. The number of allylic oxidation sites excluding steroid dienone is 6. The van der Waals surface area contributed by atoms with Crippen LogP contribution in [-0.4, -0.2) is 156 Å². The third kappa shape index (κ3) is 18.1. The number of rotatable bonds is 11. The first kappa shape index (κ1) is 68.7. The lowest BCUT2D eigenvalue weighted by Gasteiger charge is -2.42. The number of carbonyl (C=O) groups is 6. The highest BCUT2D eigenvalue weighted by Gasteiger charge is 2.53. The fourth-order valence-corrected chi connectivity index (χ4v) is 13.6. The van der Waals surface area contributed by atoms with Crippen molar-refractivity contribution >= 4 is 56.1 Å². The summed E-state index contributed by atoms with van der Waals surface area (Å²) in [5.74, 6) is -8.35. The number of esters is 2. The molecule has 1 aromatic carbocycles. The monoisotopic (exact) mass is 1190 g/mol. The molecule has 15 atom stereocenters. The molecule has 1 aliphatic carbocycles. The number of methoxy groups -OCH3 is 3. The Bertz CT molecular complexity index is 2520. The fraction of sp³-hybridized carbons (Fsp3) is 0.692. The maximum Gasteiger partial charge on any atom is 0.493 e. The molecule has 466 valence electrons. The van der Waals surface area contributed by atoms with Crippen LogP contribution in [0.1, 0.15) is 132 Å². The number of Topliss-reactive ketones (excluding diaryl/α,β-unsaturated/α-hetero) is 3. The minimum Gasteiger partial charge on any atom is -0.460 e. The molecular formula is C65H98BNO16Si. The van der Waals surface area contributed by atoms with Crippen LogP contribution < -0.4 is 5.46 Å². The minimum absolute atomic E-state index is 0.0132. The number of carbonyl (C=O) groups excluding carboxylic acids is 6. The van der Waals surface area contributed by atoms with Crippen LogP contribution in [-0.2, 0) is 70.9 Å². The maximum absolute atomic E-state index is 14.8. The van der Waals surface area contributed by atoms with E-state index in [2.05, 4.69) is 6.92 Å². The predicted octanol–water partition coefficient (Wildman–Crippen LogP) is 9.04. The van der Waals surface area contributed by atoms with Gasteiger partial charge in [-0.2, -0.15) is 0 Å². The van der Waals surface area contributed by atoms with Gasteiger partial charge in [-0.3, -0.25) is 24.0 Å². The van der Waals surface area contributed by atoms with Gasteiger partial charge in [-0.1, -0.05) is 101 Å². The van der Waals surface area contributed by atoms with Crippen LogP contribution in [0.4, 0.5) is 0 Å². The first-order valence-electron chi connectivity index (χ1n) is 30.7. The van der Waals surface area contributed by atoms with E-state index in [0.717, 1.165) is 11.0 Å². The van der Waals surface area contributed by atoms with Gasteiger partial charge in [0.25, 0.3) is 11.7 Å². The second-order valence-corrected chi connectivity index (χ2v) is 30.6. The standard InChI is InChI=1S/C65H98BNO16Si/c1-41-23-17-15-18-24-42(2)54(75-9)37-50-30-28-47(7)65(74,82-50)60(70)61(71)67-32-22-21-27-51(67)62(72)80-55(38-52(68)43(3)34-46(6)58(83-84(12,13)14)59(77-11)57(69)45(5)33-41)44(4)35-48-29-31-53(56(36-48)76-10)81-63(73)64(8)39-78-66(79-40-64)49-25-19-16-20-26-49/h15-20,23-26,34,41,43-45,47-48,50-51,53-56,58-59,74H,21-22,27-33,35-40H2,1-14H3/b18-15+,23-17+,42-24+,46-34+/t41-,43-,44-,45-,47-,48+,50+,51+,53-,54+,55+,56-,58-,59+,65-/m1/s1. The lowest BCUT2D eigenvalue weighted by atomic mass is 9.75. The molecule has 1 aromatic rings. The largest absolute Gasteiger partial charge is 0.493 e. The molecule has 0 unspecified atom stereocenters. The smallest absolute Gasteiger partial charge is 0.460 e. The number of ketones is 3. The number of piperidine rings is 1. The van der Waals surface area contributed by atoms with Crippen molar-refractivity contribution in [2.24, 2.45) is 40.9 Å². The van der Waals surface area contributed by atoms with E-state index in [-0.39, 0.29) is 56.0 Å². The highest BCUT2D eigenvalue weighted by molar-refractivity contribution is 6.69. The number of fused-ring (bicyclic) bond motifs is 3. The van der Waals surface area contributed by atoms with Gasteiger partial charge >= 0.3 is 19.1 Å². The van der Waals surface area contributed by atoms with Gasteiger partial charge in [0, 0.05) is 71.7 Å². The summed E-state index contributed by atoms with van der Waals surface area (Å²) in [7, 11) is 1.77. The summed E-state index contributed by atoms with van der Waals surface area (Å²) in [5, 5.41) is 12.1. The van der Waals surface area contributed by atoms with E-state index in [0.29, 0.717) is 69.8 Å². The third-order valence-corrected chi connectivity index (χ3v) is 18.8. The van der Waals surface area contributed by atoms with Crippen LogP contribution in [0.5, 0.6) is 0 Å². The van der Waals surface area contributed by atoms with E-state index < -0.39 is 123 Å². The van der Waals surface area contributed by atoms with Crippen LogP contribution >= 0.6 is 0 Å². The molecule has 5 aliphatic rings. The fourth-order valence-electron chi connectivity index (χ4n) is 12.6. The van der Waals surface area contributed by atoms with Crippen LogP contribution in [0.25, 0.3) is 0 Å². The zero-order valence-corrected chi connectivity index (χ0v) is 53.6. The number of hydrogen-bond donors (Lipinski definition) is 1. The molecule has 17 nitrogen and oxygen atoms in total. The Morgan fingerprint density at radius 1 is 0.821 bits per heavy atom. The van der Waals surface area contributed by atoms with Crippen molar-refractivity contribution < 1.29 is 76.0 Å². The van der Waals surface area contributed by atoms with E-state index >= 15 is 0 Å². The van der Waals surface area contributed by atoms with Crippen molar-refractivity contribution in [3.8, 4) is 0 Å². The Kier molecular flexibility index (Phi) is 25.3. The summed E-state index contributed by atoms with van der Waals surface area (Å²) in [6.07, 6.45) is 11.9. The normalized spacial score (nSPS) is 35.8. The summed E-state index contributed by atoms with van der Waals surface area (Å²) in [6, 6.07) is 8.37. The average Bonchev–Trinajstić information content (AvgIpc) is 1.82. The van der Waals surface area contributed by atoms with E-state index in [1.54, 1.807) is 35.0 Å². The number of aliphatic hydroxyl groups is 1. The van der Waals surface area contributed by atoms with Crippen LogP contribution in [0, 0.1) is 40.9 Å². The Morgan fingerprint density at radius 2 is 1.52 bits per heavy atom. The molecule has 0 radical (unpaired) electrons. The first-order chi connectivity index (χ1) is 39.7. The Hall–Kier alpha value is -4.44. The van der Waals surface area contributed by atoms with Gasteiger partial charge in [0.05, 0.1) is 24.4 Å². The summed E-state index contributed by atoms with van der Waals surface area (Å²) < 4.78 is 55.6. The summed E-state index contributed by atoms with van der Waals surface area (Å²) >= 11 is 0. The van der Waals surface area contributed by atoms with Crippen molar-refractivity contribution in [3.05, 3.63) is 77.9 Å². The number of benzene rings is 1. The SMILES string of the molecule is CO[C@H]1C[C@@H]2CC[C@@H](C)[C@@](O)(O2)C(=O)C(=O)N2CCCC[C@H]2C(=O)O[C@H]([C@H](C)C[C@@H]2CC[C@@H](OC(=O)C3(C)COB(c4ccccc4)OC3)[C@H](OC)C2)CC(=O)[C@H](C)/C=C(\C)[C@@H](O[Si](C)(C)C)[C@@H](OC)C(=O)[C@H](C)C[C@H](C)/C=C/C=C/C=C/1C. The Morgan fingerprint density at radius 3 is 2.18 bits per heavy atom. The van der Waals surface area contributed by atoms with Gasteiger partial charge in [-0.15, -0.1) is 0 Å². The van der Waals surface area contributed by atoms with Crippen molar-refractivity contribution in [3.63, 3.8) is 0 Å². The molecule has 2 bridgehead atoms. The lowest BCUT2D eigenvalue weighted by Crippen LogP contribution is -2.61. The molecule has 3 saturated heterocycles. The molecule has 84 heavy (non-hydrogen) atoms. The van der Waals surface area contributed by atoms with E-state index in [4.69, 9.17) is 42.2 Å². The van der Waals surface area contributed by atoms with Crippen LogP contribution in [0.2, 0.25) is 19.6 Å². The van der Waals surface area contributed by atoms with E-state index in [9.17, 15) is 33.9 Å². The highest BCUT2D eigenvalue weighted by Crippen LogP contribution is 2.39. The quantitative estimate of drug-likeness (QED) is 0.0948. The van der Waals surface area contributed by atoms with Gasteiger partial charge in [0.1, 0.15) is 35.6 Å². The molecule has 6 rings (SSSR count). The molecule has 19 heteroatoms. The van der Waals surface area contributed by atoms with Gasteiger partial charge in [0.15, 0.2) is 14.1 Å². The van der Waals surface area contributed by atoms with E-state index in [1.807, 2.05) is 114 Å². The second-order valence-electron chi connectivity index (χ2n) is 26.1. The van der Waals surface area contributed by atoms with Crippen molar-refractivity contribution in [1.82, 2.24) is 4.90 Å². The number of cyclic esters (lactones) is 1. The van der Waals surface area contributed by atoms with Crippen molar-refractivity contribution in [2.45, 2.75) is 207 Å². The number of nitrogens with zero attached hydrogens (tertiary/aromatic N) is 1.